The maximum absolute atomic E-state index is 12.3. The van der Waals surface area contributed by atoms with Crippen LogP contribution in [0, 0.1) is 12.3 Å². The summed E-state index contributed by atoms with van der Waals surface area (Å²) < 4.78 is 0. The molecule has 5 nitrogen and oxygen atoms in total. The van der Waals surface area contributed by atoms with Crippen LogP contribution < -0.4 is 0 Å². The van der Waals surface area contributed by atoms with Gasteiger partial charge in [-0.2, -0.15) is 0 Å². The molecule has 2 fully saturated rings. The van der Waals surface area contributed by atoms with Gasteiger partial charge in [-0.1, -0.05) is 12.8 Å². The average molecular weight is 273 g/mol. The van der Waals surface area contributed by atoms with Gasteiger partial charge in [0.2, 0.25) is 11.8 Å². The van der Waals surface area contributed by atoms with Crippen LogP contribution in [0.15, 0.2) is 12.4 Å². The third-order valence-corrected chi connectivity index (χ3v) is 4.47. The lowest BCUT2D eigenvalue weighted by Crippen LogP contribution is -2.46. The number of imide groups is 1. The summed E-state index contributed by atoms with van der Waals surface area (Å²) in [7, 11) is 0. The van der Waals surface area contributed by atoms with Crippen LogP contribution in [0.4, 0.5) is 0 Å². The van der Waals surface area contributed by atoms with Gasteiger partial charge in [0.05, 0.1) is 24.1 Å². The molecule has 5 heteroatoms. The van der Waals surface area contributed by atoms with Crippen LogP contribution in [0.5, 0.6) is 0 Å². The molecule has 0 radical (unpaired) electrons. The molecular weight excluding hydrogens is 254 g/mol. The Hall–Kier alpha value is -1.78. The minimum Gasteiger partial charge on any atom is -0.276 e. The Morgan fingerprint density at radius 3 is 2.30 bits per heavy atom. The molecule has 1 aromatic heterocycles. The van der Waals surface area contributed by atoms with Gasteiger partial charge in [-0.3, -0.25) is 24.5 Å². The molecule has 2 heterocycles. The summed E-state index contributed by atoms with van der Waals surface area (Å²) in [5.41, 5.74) is 1.46. The number of likely N-dealkylation sites (tertiary alicyclic amines) is 1. The highest BCUT2D eigenvalue weighted by Crippen LogP contribution is 2.47. The fourth-order valence-electron chi connectivity index (χ4n) is 3.35. The van der Waals surface area contributed by atoms with E-state index in [0.717, 1.165) is 31.4 Å². The van der Waals surface area contributed by atoms with Crippen molar-refractivity contribution in [3.8, 4) is 0 Å². The zero-order valence-electron chi connectivity index (χ0n) is 11.8. The Bertz CT molecular complexity index is 513. The fourth-order valence-corrected chi connectivity index (χ4v) is 3.35. The lowest BCUT2D eigenvalue weighted by molar-refractivity contribution is -0.154. The second-order valence-corrected chi connectivity index (χ2v) is 6.08. The topological polar surface area (TPSA) is 63.2 Å². The maximum Gasteiger partial charge on any atom is 0.230 e. The number of hydrogen-bond acceptors (Lipinski definition) is 4. The molecule has 0 unspecified atom stereocenters. The van der Waals surface area contributed by atoms with E-state index in [0.29, 0.717) is 18.5 Å². The number of aromatic nitrogens is 2. The molecule has 2 amide bonds. The first-order chi connectivity index (χ1) is 9.58. The highest BCUT2D eigenvalue weighted by atomic mass is 16.2. The minimum absolute atomic E-state index is 0.0381. The first kappa shape index (κ1) is 13.2. The number of piperidine rings is 1. The van der Waals surface area contributed by atoms with Gasteiger partial charge in [-0.15, -0.1) is 0 Å². The highest BCUT2D eigenvalue weighted by molar-refractivity contribution is 5.98. The molecule has 20 heavy (non-hydrogen) atoms. The van der Waals surface area contributed by atoms with E-state index in [-0.39, 0.29) is 23.8 Å². The van der Waals surface area contributed by atoms with Crippen molar-refractivity contribution in [1.29, 1.82) is 0 Å². The van der Waals surface area contributed by atoms with Gasteiger partial charge in [-0.05, 0) is 25.2 Å². The van der Waals surface area contributed by atoms with E-state index in [1.165, 1.54) is 4.90 Å². The second-order valence-electron chi connectivity index (χ2n) is 6.08. The lowest BCUT2D eigenvalue weighted by atomic mass is 9.76. The van der Waals surface area contributed by atoms with Gasteiger partial charge in [0.15, 0.2) is 0 Å². The van der Waals surface area contributed by atoms with E-state index in [9.17, 15) is 9.59 Å². The standard InChI is InChI=1S/C15H19N3O2/c1-11-8-17-12(9-16-11)10-18-13(19)6-15(7-14(18)20)4-2-3-5-15/h8-9H,2-7,10H2,1H3. The smallest absolute Gasteiger partial charge is 0.230 e. The zero-order valence-corrected chi connectivity index (χ0v) is 11.8. The molecule has 0 aromatic carbocycles. The number of aryl methyl sites for hydroxylation is 1. The molecule has 0 N–H and O–H groups in total. The summed E-state index contributed by atoms with van der Waals surface area (Å²) in [4.78, 5) is 34.3. The number of carbonyl (C=O) groups is 2. The largest absolute Gasteiger partial charge is 0.276 e. The average Bonchev–Trinajstić information content (AvgIpc) is 2.84. The van der Waals surface area contributed by atoms with Crippen LogP contribution in [0.3, 0.4) is 0 Å². The predicted molar refractivity (Wildman–Crippen MR) is 72.5 cm³/mol. The van der Waals surface area contributed by atoms with E-state index < -0.39 is 0 Å². The van der Waals surface area contributed by atoms with E-state index in [4.69, 9.17) is 0 Å². The molecule has 0 atom stereocenters. The number of rotatable bonds is 2. The highest BCUT2D eigenvalue weighted by Gasteiger charge is 2.44. The first-order valence-corrected chi connectivity index (χ1v) is 7.19. The van der Waals surface area contributed by atoms with Crippen molar-refractivity contribution in [3.63, 3.8) is 0 Å². The van der Waals surface area contributed by atoms with E-state index in [1.54, 1.807) is 12.4 Å². The molecule has 1 spiro atoms. The Balaban J connectivity index is 1.73. The molecule has 0 bridgehead atoms. The van der Waals surface area contributed by atoms with E-state index in [2.05, 4.69) is 9.97 Å². The number of amides is 2. The van der Waals surface area contributed by atoms with Crippen molar-refractivity contribution in [3.05, 3.63) is 23.8 Å². The first-order valence-electron chi connectivity index (χ1n) is 7.19. The number of nitrogens with zero attached hydrogens (tertiary/aromatic N) is 3. The van der Waals surface area contributed by atoms with Crippen LogP contribution in [-0.2, 0) is 16.1 Å². The van der Waals surface area contributed by atoms with E-state index in [1.807, 2.05) is 6.92 Å². The molecule has 1 aromatic rings. The summed E-state index contributed by atoms with van der Waals surface area (Å²) in [6, 6.07) is 0. The summed E-state index contributed by atoms with van der Waals surface area (Å²) in [6.07, 6.45) is 8.64. The fraction of sp³-hybridized carbons (Fsp3) is 0.600. The SMILES string of the molecule is Cc1cnc(CN2C(=O)CC3(CCCC3)CC2=O)cn1. The molecule has 106 valence electrons. The normalized spacial score (nSPS) is 21.8. The zero-order chi connectivity index (χ0) is 14.2. The number of carbonyl (C=O) groups excluding carboxylic acids is 2. The van der Waals surface area contributed by atoms with Gasteiger partial charge >= 0.3 is 0 Å². The molecule has 1 saturated heterocycles. The van der Waals surface area contributed by atoms with Crippen molar-refractivity contribution >= 4 is 11.8 Å². The van der Waals surface area contributed by atoms with Crippen molar-refractivity contribution in [2.75, 3.05) is 0 Å². The Labute approximate surface area is 118 Å². The van der Waals surface area contributed by atoms with Crippen molar-refractivity contribution in [2.45, 2.75) is 52.0 Å². The number of hydrogen-bond donors (Lipinski definition) is 0. The summed E-state index contributed by atoms with van der Waals surface area (Å²) >= 11 is 0. The van der Waals surface area contributed by atoms with Crippen molar-refractivity contribution in [1.82, 2.24) is 14.9 Å². The van der Waals surface area contributed by atoms with Gasteiger partial charge in [0.25, 0.3) is 0 Å². The van der Waals surface area contributed by atoms with Crippen LogP contribution in [0.2, 0.25) is 0 Å². The second kappa shape index (κ2) is 4.96. The molecule has 1 saturated carbocycles. The summed E-state index contributed by atoms with van der Waals surface area (Å²) in [5, 5.41) is 0. The van der Waals surface area contributed by atoms with Crippen molar-refractivity contribution in [2.24, 2.45) is 5.41 Å². The lowest BCUT2D eigenvalue weighted by Gasteiger charge is -2.37. The monoisotopic (exact) mass is 273 g/mol. The predicted octanol–water partition coefficient (Wildman–Crippen LogP) is 1.99. The maximum atomic E-state index is 12.3. The Kier molecular flexibility index (Phi) is 3.28. The van der Waals surface area contributed by atoms with Crippen LogP contribution in [0.25, 0.3) is 0 Å². The van der Waals surface area contributed by atoms with Gasteiger partial charge in [0, 0.05) is 19.0 Å². The Morgan fingerprint density at radius 2 is 1.75 bits per heavy atom. The summed E-state index contributed by atoms with van der Waals surface area (Å²) in [5.74, 6) is -0.101. The molecular formula is C15H19N3O2. The van der Waals surface area contributed by atoms with Gasteiger partial charge < -0.3 is 0 Å². The molecule has 1 aliphatic heterocycles. The third-order valence-electron chi connectivity index (χ3n) is 4.47. The van der Waals surface area contributed by atoms with Crippen LogP contribution in [0.1, 0.15) is 49.9 Å². The molecule has 2 aliphatic rings. The third kappa shape index (κ3) is 2.44. The van der Waals surface area contributed by atoms with E-state index >= 15 is 0 Å². The molecule has 3 rings (SSSR count). The van der Waals surface area contributed by atoms with Crippen molar-refractivity contribution < 1.29 is 9.59 Å². The Morgan fingerprint density at radius 1 is 1.10 bits per heavy atom. The van der Waals surface area contributed by atoms with Gasteiger partial charge in [-0.25, -0.2) is 0 Å². The quantitative estimate of drug-likeness (QED) is 0.773. The van der Waals surface area contributed by atoms with Gasteiger partial charge in [0.1, 0.15) is 0 Å². The summed E-state index contributed by atoms with van der Waals surface area (Å²) in [6.45, 7) is 2.11. The van der Waals surface area contributed by atoms with Crippen LogP contribution in [-0.4, -0.2) is 26.7 Å². The molecule has 1 aliphatic carbocycles. The van der Waals surface area contributed by atoms with Crippen LogP contribution >= 0.6 is 0 Å². The minimum atomic E-state index is -0.0504.